The largest absolute Gasteiger partial charge is 0.345 e. The van der Waals surface area contributed by atoms with Crippen LogP contribution in [0.2, 0.25) is 0 Å². The van der Waals surface area contributed by atoms with Crippen molar-refractivity contribution in [1.82, 2.24) is 14.3 Å². The molecule has 3 aliphatic rings. The van der Waals surface area contributed by atoms with Crippen molar-refractivity contribution in [2.24, 2.45) is 23.5 Å². The fourth-order valence-corrected chi connectivity index (χ4v) is 5.38. The molecule has 6 nitrogen and oxygen atoms in total. The van der Waals surface area contributed by atoms with Crippen LogP contribution in [0.4, 0.5) is 5.13 Å². The van der Waals surface area contributed by atoms with E-state index in [9.17, 15) is 4.79 Å². The van der Waals surface area contributed by atoms with Crippen LogP contribution in [0.5, 0.6) is 0 Å². The Labute approximate surface area is 165 Å². The predicted molar refractivity (Wildman–Crippen MR) is 105 cm³/mol. The minimum Gasteiger partial charge on any atom is -0.345 e. The molecule has 2 bridgehead atoms. The van der Waals surface area contributed by atoms with E-state index in [1.54, 1.807) is 0 Å². The van der Waals surface area contributed by atoms with Crippen molar-refractivity contribution in [1.29, 1.82) is 0 Å². The molecule has 0 aromatic carbocycles. The third-order valence-corrected chi connectivity index (χ3v) is 6.73. The number of aromatic nitrogens is 2. The third kappa shape index (κ3) is 3.89. The number of carbonyl (C=O) groups excluding carboxylic acids is 1. The van der Waals surface area contributed by atoms with Crippen molar-refractivity contribution in [3.63, 3.8) is 0 Å². The van der Waals surface area contributed by atoms with Gasteiger partial charge >= 0.3 is 0 Å². The first-order valence-corrected chi connectivity index (χ1v) is 9.50. The van der Waals surface area contributed by atoms with Crippen LogP contribution in [0, 0.1) is 24.7 Å². The van der Waals surface area contributed by atoms with E-state index in [1.165, 1.54) is 30.8 Å². The highest BCUT2D eigenvalue weighted by molar-refractivity contribution is 7.09. The molecule has 142 valence electrons. The zero-order valence-electron chi connectivity index (χ0n) is 14.5. The lowest BCUT2D eigenvalue weighted by Gasteiger charge is -2.32. The number of halogens is 2. The lowest BCUT2D eigenvalue weighted by atomic mass is 9.84. The first kappa shape index (κ1) is 20.7. The molecule has 0 radical (unpaired) electrons. The van der Waals surface area contributed by atoms with Gasteiger partial charge in [-0.25, -0.2) is 4.98 Å². The van der Waals surface area contributed by atoms with Gasteiger partial charge in [-0.2, -0.15) is 4.37 Å². The summed E-state index contributed by atoms with van der Waals surface area (Å²) in [4.78, 5) is 21.8. The molecule has 25 heavy (non-hydrogen) atoms. The summed E-state index contributed by atoms with van der Waals surface area (Å²) in [7, 11) is 0. The molecule has 2 heterocycles. The number of amides is 1. The predicted octanol–water partition coefficient (Wildman–Crippen LogP) is 2.10. The smallest absolute Gasteiger partial charge is 0.227 e. The molecule has 1 aromatic rings. The zero-order valence-corrected chi connectivity index (χ0v) is 16.9. The molecular formula is C16H27Cl2N5OS. The summed E-state index contributed by atoms with van der Waals surface area (Å²) in [5, 5.41) is 0.980. The molecule has 4 rings (SSSR count). The van der Waals surface area contributed by atoms with Gasteiger partial charge in [-0.1, -0.05) is 0 Å². The van der Waals surface area contributed by atoms with Gasteiger partial charge in [0.2, 0.25) is 11.0 Å². The van der Waals surface area contributed by atoms with Crippen LogP contribution in [0.15, 0.2) is 0 Å². The van der Waals surface area contributed by atoms with E-state index >= 15 is 0 Å². The van der Waals surface area contributed by atoms with Crippen LogP contribution < -0.4 is 10.6 Å². The molecular weight excluding hydrogens is 381 g/mol. The minimum atomic E-state index is 0. The maximum absolute atomic E-state index is 13.0. The summed E-state index contributed by atoms with van der Waals surface area (Å²) in [6, 6.07) is 0.0893. The number of nitrogens with two attached hydrogens (primary N) is 1. The number of hydrogen-bond donors (Lipinski definition) is 1. The summed E-state index contributed by atoms with van der Waals surface area (Å²) < 4.78 is 4.27. The maximum Gasteiger partial charge on any atom is 0.227 e. The Balaban J connectivity index is 0.00000113. The fraction of sp³-hybridized carbons (Fsp3) is 0.812. The highest BCUT2D eigenvalue weighted by Crippen LogP contribution is 2.48. The third-order valence-electron chi connectivity index (χ3n) is 5.86. The van der Waals surface area contributed by atoms with Gasteiger partial charge in [0.25, 0.3) is 0 Å². The van der Waals surface area contributed by atoms with E-state index in [2.05, 4.69) is 19.2 Å². The number of fused-ring (bicyclic) bond motifs is 2. The van der Waals surface area contributed by atoms with Gasteiger partial charge in [-0.3, -0.25) is 4.79 Å². The Kier molecular flexibility index (Phi) is 6.93. The van der Waals surface area contributed by atoms with Gasteiger partial charge in [0, 0.05) is 43.8 Å². The second-order valence-electron chi connectivity index (χ2n) is 7.23. The van der Waals surface area contributed by atoms with Crippen LogP contribution in [-0.2, 0) is 4.79 Å². The molecule has 4 unspecified atom stereocenters. The van der Waals surface area contributed by atoms with E-state index in [0.29, 0.717) is 17.7 Å². The molecule has 0 spiro atoms. The van der Waals surface area contributed by atoms with E-state index in [0.717, 1.165) is 43.6 Å². The van der Waals surface area contributed by atoms with Crippen LogP contribution in [0.1, 0.15) is 31.5 Å². The summed E-state index contributed by atoms with van der Waals surface area (Å²) >= 11 is 1.45. The Bertz CT molecular complexity index is 599. The average molecular weight is 408 g/mol. The second kappa shape index (κ2) is 8.37. The van der Waals surface area contributed by atoms with Gasteiger partial charge in [-0.05, 0) is 44.4 Å². The Morgan fingerprint density at radius 2 is 1.92 bits per heavy atom. The topological polar surface area (TPSA) is 75.4 Å². The van der Waals surface area contributed by atoms with Gasteiger partial charge in [0.15, 0.2) is 0 Å². The van der Waals surface area contributed by atoms with Crippen LogP contribution in [-0.4, -0.2) is 52.4 Å². The second-order valence-corrected chi connectivity index (χ2v) is 7.96. The first-order chi connectivity index (χ1) is 11.1. The lowest BCUT2D eigenvalue weighted by molar-refractivity contribution is -0.137. The van der Waals surface area contributed by atoms with Crippen molar-refractivity contribution in [3.05, 3.63) is 5.82 Å². The van der Waals surface area contributed by atoms with Crippen molar-refractivity contribution < 1.29 is 4.79 Å². The Morgan fingerprint density at radius 1 is 1.16 bits per heavy atom. The van der Waals surface area contributed by atoms with Gasteiger partial charge in [0.05, 0.1) is 5.92 Å². The molecule has 3 fully saturated rings. The van der Waals surface area contributed by atoms with Crippen LogP contribution in [0.3, 0.4) is 0 Å². The van der Waals surface area contributed by atoms with Crippen molar-refractivity contribution in [2.45, 2.75) is 38.6 Å². The molecule has 1 saturated heterocycles. The van der Waals surface area contributed by atoms with Gasteiger partial charge in [-0.15, -0.1) is 24.8 Å². The molecule has 2 aliphatic carbocycles. The number of carbonyl (C=O) groups is 1. The number of rotatable bonds is 2. The van der Waals surface area contributed by atoms with Crippen molar-refractivity contribution in [2.75, 3.05) is 31.1 Å². The summed E-state index contributed by atoms with van der Waals surface area (Å²) in [6.07, 6.45) is 4.57. The maximum atomic E-state index is 13.0. The molecule has 2 N–H and O–H groups in total. The summed E-state index contributed by atoms with van der Waals surface area (Å²) in [6.45, 7) is 5.33. The number of hydrogen-bond acceptors (Lipinski definition) is 6. The zero-order chi connectivity index (χ0) is 16.0. The first-order valence-electron chi connectivity index (χ1n) is 8.73. The Hall–Kier alpha value is -0.630. The van der Waals surface area contributed by atoms with E-state index in [4.69, 9.17) is 5.73 Å². The standard InChI is InChI=1S/C16H25N5OS.2ClH/c1-10-18-16(23-19-10)21-6-2-5-20(7-8-21)15(22)13-11-3-4-12(9-11)14(13)17;;/h11-14H,2-9,17H2,1H3;2*1H. The number of nitrogens with zero attached hydrogens (tertiary/aromatic N) is 4. The molecule has 1 amide bonds. The van der Waals surface area contributed by atoms with Crippen LogP contribution >= 0.6 is 36.3 Å². The highest BCUT2D eigenvalue weighted by Gasteiger charge is 2.50. The lowest BCUT2D eigenvalue weighted by Crippen LogP contribution is -2.48. The van der Waals surface area contributed by atoms with Gasteiger partial charge < -0.3 is 15.5 Å². The van der Waals surface area contributed by atoms with E-state index < -0.39 is 0 Å². The van der Waals surface area contributed by atoms with Crippen LogP contribution in [0.25, 0.3) is 0 Å². The summed E-state index contributed by atoms with van der Waals surface area (Å²) in [5.41, 5.74) is 6.36. The normalized spacial score (nSPS) is 31.3. The average Bonchev–Trinajstić information content (AvgIpc) is 3.19. The quantitative estimate of drug-likeness (QED) is 0.811. The number of anilines is 1. The molecule has 1 aromatic heterocycles. The van der Waals surface area contributed by atoms with E-state index in [1.807, 2.05) is 6.92 Å². The minimum absolute atomic E-state index is 0. The van der Waals surface area contributed by atoms with Gasteiger partial charge in [0.1, 0.15) is 5.82 Å². The molecule has 4 atom stereocenters. The van der Waals surface area contributed by atoms with E-state index in [-0.39, 0.29) is 36.8 Å². The SMILES string of the molecule is Cc1nsc(N2CCCN(C(=O)C3C4CCC(C4)C3N)CC2)n1.Cl.Cl. The highest BCUT2D eigenvalue weighted by atomic mass is 35.5. The summed E-state index contributed by atoms with van der Waals surface area (Å²) in [5.74, 6) is 2.33. The fourth-order valence-electron chi connectivity index (χ4n) is 4.66. The Morgan fingerprint density at radius 3 is 2.56 bits per heavy atom. The molecule has 2 saturated carbocycles. The monoisotopic (exact) mass is 407 g/mol. The number of aryl methyl sites for hydroxylation is 1. The molecule has 9 heteroatoms. The van der Waals surface area contributed by atoms with Crippen molar-refractivity contribution in [3.8, 4) is 0 Å². The molecule has 1 aliphatic heterocycles. The van der Waals surface area contributed by atoms with Crippen molar-refractivity contribution >= 4 is 47.4 Å².